The van der Waals surface area contributed by atoms with Crippen molar-refractivity contribution in [2.24, 2.45) is 0 Å². The highest BCUT2D eigenvalue weighted by Crippen LogP contribution is 2.40. The van der Waals surface area contributed by atoms with Crippen LogP contribution in [0.3, 0.4) is 0 Å². The van der Waals surface area contributed by atoms with Gasteiger partial charge in [0.1, 0.15) is 0 Å². The monoisotopic (exact) mass is 464 g/mol. The van der Waals surface area contributed by atoms with Crippen LogP contribution >= 0.6 is 11.3 Å². The lowest BCUT2D eigenvalue weighted by Crippen LogP contribution is -1.97. The van der Waals surface area contributed by atoms with Crippen LogP contribution < -0.4 is 0 Å². The van der Waals surface area contributed by atoms with E-state index in [9.17, 15) is 5.26 Å². The quantitative estimate of drug-likeness (QED) is 0.251. The van der Waals surface area contributed by atoms with E-state index in [0.29, 0.717) is 5.56 Å². The molecule has 7 rings (SSSR count). The number of hydrogen-bond donors (Lipinski definition) is 0. The molecule has 2 aromatic heterocycles. The fourth-order valence-corrected chi connectivity index (χ4v) is 6.58. The highest BCUT2D eigenvalue weighted by atomic mass is 32.1. The molecule has 0 spiro atoms. The van der Waals surface area contributed by atoms with Gasteiger partial charge in [0.15, 0.2) is 0 Å². The van der Waals surface area contributed by atoms with Crippen LogP contribution in [0, 0.1) is 18.3 Å². The second-order valence-corrected chi connectivity index (χ2v) is 10.1. The Morgan fingerprint density at radius 1 is 0.686 bits per heavy atom. The number of hydrogen-bond acceptors (Lipinski definition) is 2. The average molecular weight is 465 g/mol. The zero-order chi connectivity index (χ0) is 23.5. The Bertz CT molecular complexity index is 1980. The number of nitrogens with zero attached hydrogens (tertiary/aromatic N) is 2. The molecule has 3 heteroatoms. The Balaban J connectivity index is 1.52. The van der Waals surface area contributed by atoms with Crippen LogP contribution in [0.1, 0.15) is 11.1 Å². The van der Waals surface area contributed by atoms with Crippen molar-refractivity contribution in [3.8, 4) is 22.9 Å². The number of aromatic nitrogens is 1. The lowest BCUT2D eigenvalue weighted by Gasteiger charge is -2.14. The molecule has 7 aromatic rings. The smallest absolute Gasteiger partial charge is 0.0998 e. The summed E-state index contributed by atoms with van der Waals surface area (Å²) in [5.74, 6) is 0. The van der Waals surface area contributed by atoms with Crippen molar-refractivity contribution in [2.75, 3.05) is 0 Å². The summed E-state index contributed by atoms with van der Waals surface area (Å²) in [4.78, 5) is 0. The standard InChI is InChI=1S/C32H20N2S/c1-20-13-15-24-25-16-14-21(18-31(25)35-30(24)17-20)23-8-2-4-10-27(23)34-28-11-5-3-9-26(28)32-22(19-33)7-6-12-29(32)34/h2-18H,1H3. The number of aryl methyl sites for hydroxylation is 1. The van der Waals surface area contributed by atoms with Crippen LogP contribution in [0.15, 0.2) is 103 Å². The summed E-state index contributed by atoms with van der Waals surface area (Å²) in [6.07, 6.45) is 0. The molecule has 5 aromatic carbocycles. The summed E-state index contributed by atoms with van der Waals surface area (Å²) in [6.45, 7) is 2.15. The molecular weight excluding hydrogens is 444 g/mol. The molecule has 0 atom stereocenters. The SMILES string of the molecule is Cc1ccc2c(c1)sc1cc(-c3ccccc3-n3c4ccccc4c4c(C#N)cccc43)ccc12. The largest absolute Gasteiger partial charge is 0.309 e. The molecule has 164 valence electrons. The normalized spacial score (nSPS) is 11.5. The second kappa shape index (κ2) is 7.56. The van der Waals surface area contributed by atoms with Crippen molar-refractivity contribution in [2.45, 2.75) is 6.92 Å². The van der Waals surface area contributed by atoms with Gasteiger partial charge in [0, 0.05) is 36.5 Å². The molecule has 0 aliphatic carbocycles. The fourth-order valence-electron chi connectivity index (χ4n) is 5.34. The molecule has 0 amide bonds. The van der Waals surface area contributed by atoms with Crippen LogP contribution in [0.5, 0.6) is 0 Å². The molecule has 0 unspecified atom stereocenters. The van der Waals surface area contributed by atoms with Crippen molar-refractivity contribution < 1.29 is 0 Å². The molecule has 0 saturated carbocycles. The van der Waals surface area contributed by atoms with Crippen LogP contribution in [-0.4, -0.2) is 4.57 Å². The summed E-state index contributed by atoms with van der Waals surface area (Å²) in [5.41, 5.74) is 7.64. The zero-order valence-corrected chi connectivity index (χ0v) is 19.9. The van der Waals surface area contributed by atoms with Crippen molar-refractivity contribution in [1.82, 2.24) is 4.57 Å². The van der Waals surface area contributed by atoms with Crippen LogP contribution in [0.2, 0.25) is 0 Å². The van der Waals surface area contributed by atoms with Crippen LogP contribution in [0.25, 0.3) is 58.8 Å². The minimum Gasteiger partial charge on any atom is -0.309 e. The number of nitriles is 1. The van der Waals surface area contributed by atoms with Crippen molar-refractivity contribution in [3.63, 3.8) is 0 Å². The van der Waals surface area contributed by atoms with Gasteiger partial charge in [0.05, 0.1) is 28.4 Å². The third kappa shape index (κ3) is 2.94. The maximum absolute atomic E-state index is 9.83. The predicted molar refractivity (Wildman–Crippen MR) is 149 cm³/mol. The molecule has 0 radical (unpaired) electrons. The summed E-state index contributed by atoms with van der Waals surface area (Å²) in [5, 5.41) is 14.6. The number of fused-ring (bicyclic) bond motifs is 6. The number of para-hydroxylation sites is 2. The Morgan fingerprint density at radius 2 is 1.43 bits per heavy atom. The van der Waals surface area contributed by atoms with E-state index in [1.54, 1.807) is 0 Å². The Labute approximate surface area is 206 Å². The van der Waals surface area contributed by atoms with E-state index in [-0.39, 0.29) is 0 Å². The first kappa shape index (κ1) is 20.0. The van der Waals surface area contributed by atoms with E-state index < -0.39 is 0 Å². The van der Waals surface area contributed by atoms with E-state index >= 15 is 0 Å². The van der Waals surface area contributed by atoms with Gasteiger partial charge in [-0.25, -0.2) is 0 Å². The van der Waals surface area contributed by atoms with Crippen molar-refractivity contribution in [3.05, 3.63) is 114 Å². The van der Waals surface area contributed by atoms with Gasteiger partial charge in [-0.2, -0.15) is 5.26 Å². The highest BCUT2D eigenvalue weighted by molar-refractivity contribution is 7.25. The number of benzene rings is 5. The number of rotatable bonds is 2. The Hall–Kier alpha value is -4.39. The highest BCUT2D eigenvalue weighted by Gasteiger charge is 2.17. The molecule has 0 bridgehead atoms. The van der Waals surface area contributed by atoms with E-state index in [1.165, 1.54) is 36.9 Å². The molecule has 2 nitrogen and oxygen atoms in total. The van der Waals surface area contributed by atoms with Gasteiger partial charge < -0.3 is 4.57 Å². The molecule has 0 aliphatic rings. The maximum atomic E-state index is 9.83. The zero-order valence-electron chi connectivity index (χ0n) is 19.1. The summed E-state index contributed by atoms with van der Waals surface area (Å²) in [6, 6.07) is 38.9. The minimum atomic E-state index is 0.705. The molecule has 35 heavy (non-hydrogen) atoms. The van der Waals surface area contributed by atoms with Crippen LogP contribution in [0.4, 0.5) is 0 Å². The van der Waals surface area contributed by atoms with E-state index in [1.807, 2.05) is 29.5 Å². The first-order chi connectivity index (χ1) is 17.2. The average Bonchev–Trinajstić information content (AvgIpc) is 3.43. The molecule has 2 heterocycles. The summed E-state index contributed by atoms with van der Waals surface area (Å²) in [7, 11) is 0. The lowest BCUT2D eigenvalue weighted by atomic mass is 10.0. The van der Waals surface area contributed by atoms with Gasteiger partial charge in [0.25, 0.3) is 0 Å². The fraction of sp³-hybridized carbons (Fsp3) is 0.0312. The lowest BCUT2D eigenvalue weighted by molar-refractivity contribution is 1.18. The first-order valence-corrected chi connectivity index (χ1v) is 12.5. The third-order valence-electron chi connectivity index (χ3n) is 6.90. The van der Waals surface area contributed by atoms with Gasteiger partial charge in [-0.1, -0.05) is 66.7 Å². The van der Waals surface area contributed by atoms with Gasteiger partial charge in [-0.05, 0) is 54.4 Å². The molecule has 0 saturated heterocycles. The molecule has 0 fully saturated rings. The predicted octanol–water partition coefficient (Wildman–Crippen LogP) is 9.00. The summed E-state index contributed by atoms with van der Waals surface area (Å²) >= 11 is 1.86. The Kier molecular flexibility index (Phi) is 4.33. The van der Waals surface area contributed by atoms with E-state index in [2.05, 4.69) is 102 Å². The summed E-state index contributed by atoms with van der Waals surface area (Å²) < 4.78 is 4.93. The minimum absolute atomic E-state index is 0.705. The van der Waals surface area contributed by atoms with Crippen LogP contribution in [-0.2, 0) is 0 Å². The number of thiophene rings is 1. The van der Waals surface area contributed by atoms with Gasteiger partial charge >= 0.3 is 0 Å². The second-order valence-electron chi connectivity index (χ2n) is 8.99. The molecule has 0 aliphatic heterocycles. The van der Waals surface area contributed by atoms with E-state index in [0.717, 1.165) is 27.5 Å². The van der Waals surface area contributed by atoms with Gasteiger partial charge in [-0.3, -0.25) is 0 Å². The van der Waals surface area contributed by atoms with Gasteiger partial charge in [-0.15, -0.1) is 11.3 Å². The van der Waals surface area contributed by atoms with Crippen molar-refractivity contribution in [1.29, 1.82) is 5.26 Å². The topological polar surface area (TPSA) is 28.7 Å². The van der Waals surface area contributed by atoms with E-state index in [4.69, 9.17) is 0 Å². The first-order valence-electron chi connectivity index (χ1n) is 11.7. The molecular formula is C32H20N2S. The molecule has 0 N–H and O–H groups in total. The maximum Gasteiger partial charge on any atom is 0.0998 e. The van der Waals surface area contributed by atoms with Gasteiger partial charge in [0.2, 0.25) is 0 Å². The van der Waals surface area contributed by atoms with Crippen molar-refractivity contribution >= 4 is 53.3 Å². The Morgan fingerprint density at radius 3 is 2.31 bits per heavy atom. The third-order valence-corrected chi connectivity index (χ3v) is 8.02.